The van der Waals surface area contributed by atoms with Crippen molar-refractivity contribution in [3.63, 3.8) is 0 Å². The van der Waals surface area contributed by atoms with Gasteiger partial charge in [-0.2, -0.15) is 9.97 Å². The minimum Gasteiger partial charge on any atom is -0.491 e. The molecule has 0 aliphatic heterocycles. The van der Waals surface area contributed by atoms with Crippen molar-refractivity contribution in [2.45, 2.75) is 4.90 Å². The average Bonchev–Trinajstić information content (AvgIpc) is 2.84. The third-order valence-corrected chi connectivity index (χ3v) is 5.78. The second kappa shape index (κ2) is 11.3. The largest absolute Gasteiger partial charge is 0.491 e. The van der Waals surface area contributed by atoms with Crippen molar-refractivity contribution in [2.75, 3.05) is 44.6 Å². The Morgan fingerprint density at radius 1 is 0.912 bits per heavy atom. The molecule has 0 saturated heterocycles. The third-order valence-electron chi connectivity index (χ3n) is 4.41. The maximum Gasteiger partial charge on any atom is 0.321 e. The zero-order valence-corrected chi connectivity index (χ0v) is 19.6. The predicted molar refractivity (Wildman–Crippen MR) is 124 cm³/mol. The van der Waals surface area contributed by atoms with Gasteiger partial charge in [0.1, 0.15) is 12.4 Å². The minimum atomic E-state index is -3.96. The van der Waals surface area contributed by atoms with Crippen LogP contribution in [0, 0.1) is 0 Å². The summed E-state index contributed by atoms with van der Waals surface area (Å²) in [5.74, 6) is 0.389. The Labute approximate surface area is 197 Å². The summed E-state index contributed by atoms with van der Waals surface area (Å²) >= 11 is 0. The van der Waals surface area contributed by atoms with Crippen LogP contribution in [0.25, 0.3) is 0 Å². The van der Waals surface area contributed by atoms with Gasteiger partial charge >= 0.3 is 6.01 Å². The highest BCUT2D eigenvalue weighted by atomic mass is 32.2. The van der Waals surface area contributed by atoms with Crippen molar-refractivity contribution in [1.82, 2.24) is 9.97 Å². The SMILES string of the molecule is COCCOc1ccc(C(=O)Nc2ccc(S(=O)(=O)Nc3cc(OC)nc(OC)n3)cc2)cc1. The van der Waals surface area contributed by atoms with Crippen molar-refractivity contribution in [1.29, 1.82) is 0 Å². The van der Waals surface area contributed by atoms with E-state index >= 15 is 0 Å². The van der Waals surface area contributed by atoms with Crippen LogP contribution in [0.1, 0.15) is 10.4 Å². The number of carbonyl (C=O) groups excluding carboxylic acids is 1. The average molecular weight is 489 g/mol. The van der Waals surface area contributed by atoms with E-state index in [4.69, 9.17) is 18.9 Å². The molecule has 180 valence electrons. The summed E-state index contributed by atoms with van der Waals surface area (Å²) in [5, 5.41) is 2.72. The van der Waals surface area contributed by atoms with Crippen molar-refractivity contribution >= 4 is 27.4 Å². The number of ether oxygens (including phenoxy) is 4. The molecule has 0 fully saturated rings. The van der Waals surface area contributed by atoms with E-state index in [1.54, 1.807) is 31.4 Å². The Kier molecular flexibility index (Phi) is 8.22. The van der Waals surface area contributed by atoms with E-state index < -0.39 is 10.0 Å². The van der Waals surface area contributed by atoms with Gasteiger partial charge in [-0.25, -0.2) is 8.42 Å². The molecule has 0 atom stereocenters. The highest BCUT2D eigenvalue weighted by Gasteiger charge is 2.17. The van der Waals surface area contributed by atoms with Crippen molar-refractivity contribution in [3.8, 4) is 17.6 Å². The molecule has 0 saturated carbocycles. The number of nitrogens with one attached hydrogen (secondary N) is 2. The summed E-state index contributed by atoms with van der Waals surface area (Å²) in [6.07, 6.45) is 0. The molecular weight excluding hydrogens is 464 g/mol. The second-order valence-corrected chi connectivity index (χ2v) is 8.41. The lowest BCUT2D eigenvalue weighted by atomic mass is 10.2. The lowest BCUT2D eigenvalue weighted by Crippen LogP contribution is -2.15. The van der Waals surface area contributed by atoms with Gasteiger partial charge in [-0.05, 0) is 48.5 Å². The number of benzene rings is 2. The monoisotopic (exact) mass is 488 g/mol. The Hall–Kier alpha value is -3.90. The zero-order chi connectivity index (χ0) is 24.6. The van der Waals surface area contributed by atoms with E-state index in [9.17, 15) is 13.2 Å². The molecule has 2 N–H and O–H groups in total. The van der Waals surface area contributed by atoms with Crippen LogP contribution in [0.15, 0.2) is 59.5 Å². The van der Waals surface area contributed by atoms with Gasteiger partial charge < -0.3 is 24.3 Å². The standard InChI is InChI=1S/C22H24N4O7S/c1-30-12-13-33-17-8-4-15(5-9-17)21(27)23-16-6-10-18(11-7-16)34(28,29)26-19-14-20(31-2)25-22(24-19)32-3/h4-11,14H,12-13H2,1-3H3,(H,23,27)(H,24,25,26). The topological polar surface area (TPSA) is 138 Å². The molecule has 3 aromatic rings. The van der Waals surface area contributed by atoms with Gasteiger partial charge in [-0.3, -0.25) is 9.52 Å². The van der Waals surface area contributed by atoms with Gasteiger partial charge in [0.05, 0.1) is 25.7 Å². The molecule has 11 nitrogen and oxygen atoms in total. The Morgan fingerprint density at radius 2 is 1.62 bits per heavy atom. The smallest absolute Gasteiger partial charge is 0.321 e. The highest BCUT2D eigenvalue weighted by Crippen LogP contribution is 2.22. The van der Waals surface area contributed by atoms with Crippen molar-refractivity contribution in [3.05, 3.63) is 60.2 Å². The summed E-state index contributed by atoms with van der Waals surface area (Å²) in [7, 11) is 0.363. The van der Waals surface area contributed by atoms with Gasteiger partial charge in [0.15, 0.2) is 5.82 Å². The van der Waals surface area contributed by atoms with Crippen LogP contribution >= 0.6 is 0 Å². The second-order valence-electron chi connectivity index (χ2n) is 6.73. The number of aromatic nitrogens is 2. The van der Waals surface area contributed by atoms with Crippen LogP contribution in [0.2, 0.25) is 0 Å². The van der Waals surface area contributed by atoms with Gasteiger partial charge in [0.2, 0.25) is 5.88 Å². The maximum atomic E-state index is 12.7. The molecule has 34 heavy (non-hydrogen) atoms. The number of rotatable bonds is 11. The molecule has 0 aliphatic carbocycles. The molecule has 2 aromatic carbocycles. The zero-order valence-electron chi connectivity index (χ0n) is 18.8. The van der Waals surface area contributed by atoms with Gasteiger partial charge in [-0.1, -0.05) is 0 Å². The fourth-order valence-corrected chi connectivity index (χ4v) is 3.71. The number of hydrogen-bond donors (Lipinski definition) is 2. The first-order valence-electron chi connectivity index (χ1n) is 9.97. The number of nitrogens with zero attached hydrogens (tertiary/aromatic N) is 2. The molecule has 1 amide bonds. The van der Waals surface area contributed by atoms with E-state index in [0.717, 1.165) is 0 Å². The summed E-state index contributed by atoms with van der Waals surface area (Å²) in [6, 6.07) is 13.6. The van der Waals surface area contributed by atoms with E-state index in [-0.39, 0.29) is 28.5 Å². The minimum absolute atomic E-state index is 0.0178. The lowest BCUT2D eigenvalue weighted by Gasteiger charge is -2.11. The molecule has 3 rings (SSSR count). The number of sulfonamides is 1. The molecule has 12 heteroatoms. The lowest BCUT2D eigenvalue weighted by molar-refractivity contribution is 0.102. The first kappa shape index (κ1) is 24.7. The summed E-state index contributed by atoms with van der Waals surface area (Å²) in [5.41, 5.74) is 0.846. The molecule has 0 spiro atoms. The van der Waals surface area contributed by atoms with Crippen molar-refractivity contribution < 1.29 is 32.2 Å². The van der Waals surface area contributed by atoms with E-state index in [2.05, 4.69) is 20.0 Å². The molecule has 0 radical (unpaired) electrons. The first-order chi connectivity index (χ1) is 16.3. The van der Waals surface area contributed by atoms with Crippen LogP contribution in [0.4, 0.5) is 11.5 Å². The fourth-order valence-electron chi connectivity index (χ4n) is 2.71. The normalized spacial score (nSPS) is 10.9. The quantitative estimate of drug-likeness (QED) is 0.390. The summed E-state index contributed by atoms with van der Waals surface area (Å²) in [4.78, 5) is 20.3. The molecule has 1 heterocycles. The van der Waals surface area contributed by atoms with Crippen LogP contribution < -0.4 is 24.2 Å². The van der Waals surface area contributed by atoms with Gasteiger partial charge in [0, 0.05) is 24.4 Å². The van der Waals surface area contributed by atoms with E-state index in [1.165, 1.54) is 44.6 Å². The summed E-state index contributed by atoms with van der Waals surface area (Å²) in [6.45, 7) is 0.870. The van der Waals surface area contributed by atoms with Gasteiger partial charge in [-0.15, -0.1) is 0 Å². The molecule has 1 aromatic heterocycles. The first-order valence-corrected chi connectivity index (χ1v) is 11.5. The van der Waals surface area contributed by atoms with Crippen LogP contribution in [0.3, 0.4) is 0 Å². The molecule has 0 unspecified atom stereocenters. The maximum absolute atomic E-state index is 12.7. The van der Waals surface area contributed by atoms with Crippen molar-refractivity contribution in [2.24, 2.45) is 0 Å². The predicted octanol–water partition coefficient (Wildman–Crippen LogP) is 2.57. The van der Waals surface area contributed by atoms with Crippen LogP contribution in [-0.4, -0.2) is 58.8 Å². The molecule has 0 bridgehead atoms. The van der Waals surface area contributed by atoms with Crippen LogP contribution in [0.5, 0.6) is 17.6 Å². The van der Waals surface area contributed by atoms with Gasteiger partial charge in [0.25, 0.3) is 15.9 Å². The number of hydrogen-bond acceptors (Lipinski definition) is 9. The Bertz CT molecular complexity index is 1190. The number of carbonyl (C=O) groups is 1. The number of anilines is 2. The Morgan fingerprint density at radius 3 is 2.24 bits per heavy atom. The number of amides is 1. The van der Waals surface area contributed by atoms with E-state index in [0.29, 0.717) is 30.2 Å². The summed E-state index contributed by atoms with van der Waals surface area (Å²) < 4.78 is 48.1. The number of methoxy groups -OCH3 is 3. The molecule has 0 aliphatic rings. The highest BCUT2D eigenvalue weighted by molar-refractivity contribution is 7.92. The fraction of sp³-hybridized carbons (Fsp3) is 0.227. The van der Waals surface area contributed by atoms with Crippen LogP contribution in [-0.2, 0) is 14.8 Å². The third kappa shape index (κ3) is 6.56. The van der Waals surface area contributed by atoms with E-state index in [1.807, 2.05) is 0 Å². The molecular formula is C22H24N4O7S. The Balaban J connectivity index is 1.65.